The third-order valence-electron chi connectivity index (χ3n) is 2.74. The zero-order valence-electron chi connectivity index (χ0n) is 9.92. The third-order valence-corrected chi connectivity index (χ3v) is 2.89. The number of hydrogen-bond acceptors (Lipinski definition) is 1. The maximum Gasteiger partial charge on any atom is 0.0771 e. The Labute approximate surface area is 97.7 Å². The summed E-state index contributed by atoms with van der Waals surface area (Å²) in [4.78, 5) is 0.570. The van der Waals surface area contributed by atoms with Crippen molar-refractivity contribution in [2.75, 3.05) is 0 Å². The summed E-state index contributed by atoms with van der Waals surface area (Å²) in [5, 5.41) is 0. The lowest BCUT2D eigenvalue weighted by molar-refractivity contribution is 0.849. The average molecular weight is 221 g/mol. The minimum atomic E-state index is 0.522. The molecule has 0 radical (unpaired) electrons. The molecule has 0 saturated heterocycles. The van der Waals surface area contributed by atoms with Gasteiger partial charge in [0.15, 0.2) is 0 Å². The first-order chi connectivity index (χ1) is 6.91. The van der Waals surface area contributed by atoms with Gasteiger partial charge in [0, 0.05) is 6.42 Å². The van der Waals surface area contributed by atoms with E-state index in [4.69, 9.17) is 18.0 Å². The summed E-state index contributed by atoms with van der Waals surface area (Å²) in [6, 6.07) is 4.47. The van der Waals surface area contributed by atoms with Crippen LogP contribution in [0, 0.1) is 13.8 Å². The van der Waals surface area contributed by atoms with Crippen molar-refractivity contribution in [2.45, 2.75) is 40.0 Å². The molecule has 0 aliphatic rings. The molecular formula is C13H19NS. The van der Waals surface area contributed by atoms with Crippen molar-refractivity contribution in [3.05, 3.63) is 34.4 Å². The molecular weight excluding hydrogens is 202 g/mol. The van der Waals surface area contributed by atoms with Crippen LogP contribution in [-0.4, -0.2) is 4.99 Å². The third kappa shape index (κ3) is 3.03. The van der Waals surface area contributed by atoms with Crippen LogP contribution in [0.3, 0.4) is 0 Å². The minimum Gasteiger partial charge on any atom is -0.393 e. The summed E-state index contributed by atoms with van der Waals surface area (Å²) in [6.07, 6.45) is 0.712. The van der Waals surface area contributed by atoms with Crippen LogP contribution in [0.15, 0.2) is 12.1 Å². The van der Waals surface area contributed by atoms with Crippen molar-refractivity contribution in [3.8, 4) is 0 Å². The Hall–Kier alpha value is -0.890. The van der Waals surface area contributed by atoms with E-state index >= 15 is 0 Å². The van der Waals surface area contributed by atoms with Crippen molar-refractivity contribution >= 4 is 17.2 Å². The van der Waals surface area contributed by atoms with E-state index in [1.807, 2.05) is 0 Å². The van der Waals surface area contributed by atoms with E-state index in [1.165, 1.54) is 22.3 Å². The second kappa shape index (κ2) is 4.75. The molecule has 0 fully saturated rings. The van der Waals surface area contributed by atoms with Crippen LogP contribution in [0.1, 0.15) is 42.0 Å². The van der Waals surface area contributed by atoms with Gasteiger partial charge in [0.1, 0.15) is 0 Å². The van der Waals surface area contributed by atoms with E-state index in [0.717, 1.165) is 0 Å². The Morgan fingerprint density at radius 2 is 1.80 bits per heavy atom. The first kappa shape index (κ1) is 12.2. The first-order valence-electron chi connectivity index (χ1n) is 5.30. The number of nitrogens with two attached hydrogens (primary N) is 1. The fourth-order valence-electron chi connectivity index (χ4n) is 1.78. The maximum atomic E-state index is 5.61. The standard InChI is InChI=1S/C13H19NS/c1-8(2)12-6-10(4)9(3)5-11(12)7-13(14)15/h5-6,8H,7H2,1-4H3,(H2,14,15). The van der Waals surface area contributed by atoms with Gasteiger partial charge >= 0.3 is 0 Å². The fourth-order valence-corrected chi connectivity index (χ4v) is 1.93. The fraction of sp³-hybridized carbons (Fsp3) is 0.462. The van der Waals surface area contributed by atoms with Gasteiger partial charge in [-0.1, -0.05) is 38.2 Å². The predicted octanol–water partition coefficient (Wildman–Crippen LogP) is 3.26. The largest absolute Gasteiger partial charge is 0.393 e. The van der Waals surface area contributed by atoms with Crippen LogP contribution in [0.2, 0.25) is 0 Å². The van der Waals surface area contributed by atoms with Crippen molar-refractivity contribution in [3.63, 3.8) is 0 Å². The molecule has 0 unspecified atom stereocenters. The Morgan fingerprint density at radius 1 is 1.27 bits per heavy atom. The number of thiocarbonyl (C=S) groups is 1. The average Bonchev–Trinajstić information content (AvgIpc) is 2.09. The summed E-state index contributed by atoms with van der Waals surface area (Å²) in [7, 11) is 0. The molecule has 2 N–H and O–H groups in total. The lowest BCUT2D eigenvalue weighted by atomic mass is 9.91. The summed E-state index contributed by atoms with van der Waals surface area (Å²) in [5.74, 6) is 0.522. The zero-order valence-corrected chi connectivity index (χ0v) is 10.7. The van der Waals surface area contributed by atoms with E-state index < -0.39 is 0 Å². The van der Waals surface area contributed by atoms with Gasteiger partial charge in [-0.05, 0) is 42.0 Å². The van der Waals surface area contributed by atoms with E-state index in [2.05, 4.69) is 39.8 Å². The lowest BCUT2D eigenvalue weighted by Gasteiger charge is -2.15. The van der Waals surface area contributed by atoms with Crippen molar-refractivity contribution in [1.82, 2.24) is 0 Å². The van der Waals surface area contributed by atoms with Gasteiger partial charge in [0.2, 0.25) is 0 Å². The molecule has 2 heteroatoms. The summed E-state index contributed by atoms with van der Waals surface area (Å²) < 4.78 is 0. The van der Waals surface area contributed by atoms with E-state index in [9.17, 15) is 0 Å². The van der Waals surface area contributed by atoms with Crippen LogP contribution >= 0.6 is 12.2 Å². The van der Waals surface area contributed by atoms with Gasteiger partial charge in [-0.2, -0.15) is 0 Å². The molecule has 0 bridgehead atoms. The molecule has 1 aromatic carbocycles. The Morgan fingerprint density at radius 3 is 2.27 bits per heavy atom. The molecule has 0 aliphatic heterocycles. The summed E-state index contributed by atoms with van der Waals surface area (Å²) >= 11 is 4.98. The summed E-state index contributed by atoms with van der Waals surface area (Å²) in [6.45, 7) is 8.68. The highest BCUT2D eigenvalue weighted by Gasteiger charge is 2.09. The smallest absolute Gasteiger partial charge is 0.0771 e. The van der Waals surface area contributed by atoms with Gasteiger partial charge in [-0.25, -0.2) is 0 Å². The number of rotatable bonds is 3. The Bertz CT molecular complexity index is 380. The van der Waals surface area contributed by atoms with Gasteiger partial charge in [-0.3, -0.25) is 0 Å². The highest BCUT2D eigenvalue weighted by molar-refractivity contribution is 7.80. The Balaban J connectivity index is 3.21. The van der Waals surface area contributed by atoms with E-state index in [-0.39, 0.29) is 0 Å². The minimum absolute atomic E-state index is 0.522. The SMILES string of the molecule is Cc1cc(CC(N)=S)c(C(C)C)cc1C. The molecule has 0 heterocycles. The molecule has 0 aliphatic carbocycles. The van der Waals surface area contributed by atoms with Crippen LogP contribution in [-0.2, 0) is 6.42 Å². The number of hydrogen-bond donors (Lipinski definition) is 1. The summed E-state index contributed by atoms with van der Waals surface area (Å²) in [5.41, 5.74) is 10.9. The van der Waals surface area contributed by atoms with Crippen LogP contribution in [0.25, 0.3) is 0 Å². The van der Waals surface area contributed by atoms with Crippen molar-refractivity contribution < 1.29 is 0 Å². The molecule has 1 aromatic rings. The monoisotopic (exact) mass is 221 g/mol. The molecule has 82 valence electrons. The molecule has 0 atom stereocenters. The van der Waals surface area contributed by atoms with Crippen LogP contribution in [0.5, 0.6) is 0 Å². The molecule has 0 aromatic heterocycles. The molecule has 1 nitrogen and oxygen atoms in total. The van der Waals surface area contributed by atoms with E-state index in [1.54, 1.807) is 0 Å². The lowest BCUT2D eigenvalue weighted by Crippen LogP contribution is -2.13. The normalized spacial score (nSPS) is 10.7. The number of aryl methyl sites for hydroxylation is 2. The van der Waals surface area contributed by atoms with Crippen LogP contribution in [0.4, 0.5) is 0 Å². The molecule has 1 rings (SSSR count). The molecule has 0 spiro atoms. The van der Waals surface area contributed by atoms with E-state index in [0.29, 0.717) is 17.3 Å². The first-order valence-corrected chi connectivity index (χ1v) is 5.71. The van der Waals surface area contributed by atoms with Gasteiger partial charge in [-0.15, -0.1) is 0 Å². The second-order valence-corrected chi connectivity index (χ2v) is 4.96. The topological polar surface area (TPSA) is 26.0 Å². The quantitative estimate of drug-likeness (QED) is 0.793. The molecule has 15 heavy (non-hydrogen) atoms. The van der Waals surface area contributed by atoms with Gasteiger partial charge in [0.25, 0.3) is 0 Å². The molecule has 0 amide bonds. The highest BCUT2D eigenvalue weighted by Crippen LogP contribution is 2.23. The van der Waals surface area contributed by atoms with Crippen molar-refractivity contribution in [2.24, 2.45) is 5.73 Å². The predicted molar refractivity (Wildman–Crippen MR) is 70.5 cm³/mol. The zero-order chi connectivity index (χ0) is 11.6. The highest BCUT2D eigenvalue weighted by atomic mass is 32.1. The number of benzene rings is 1. The van der Waals surface area contributed by atoms with Crippen molar-refractivity contribution in [1.29, 1.82) is 0 Å². The second-order valence-electron chi connectivity index (χ2n) is 4.43. The van der Waals surface area contributed by atoms with Gasteiger partial charge < -0.3 is 5.73 Å². The van der Waals surface area contributed by atoms with Gasteiger partial charge in [0.05, 0.1) is 4.99 Å². The maximum absolute atomic E-state index is 5.61. The van der Waals surface area contributed by atoms with Crippen LogP contribution < -0.4 is 5.73 Å². The molecule has 0 saturated carbocycles. The Kier molecular flexibility index (Phi) is 3.86.